The van der Waals surface area contributed by atoms with Crippen molar-refractivity contribution < 1.29 is 9.72 Å². The van der Waals surface area contributed by atoms with Gasteiger partial charge in [0.25, 0.3) is 11.6 Å². The number of aryl methyl sites for hydroxylation is 3. The lowest BCUT2D eigenvalue weighted by molar-refractivity contribution is -0.385. The van der Waals surface area contributed by atoms with E-state index >= 15 is 0 Å². The van der Waals surface area contributed by atoms with Crippen molar-refractivity contribution in [3.05, 3.63) is 56.9 Å². The van der Waals surface area contributed by atoms with Crippen LogP contribution in [-0.4, -0.2) is 27.2 Å². The summed E-state index contributed by atoms with van der Waals surface area (Å²) in [4.78, 5) is 22.7. The van der Waals surface area contributed by atoms with E-state index in [0.29, 0.717) is 24.2 Å². The van der Waals surface area contributed by atoms with E-state index in [1.165, 1.54) is 6.07 Å². The van der Waals surface area contributed by atoms with Crippen LogP contribution in [0.4, 0.5) is 5.69 Å². The summed E-state index contributed by atoms with van der Waals surface area (Å²) < 4.78 is 1.92. The van der Waals surface area contributed by atoms with Crippen molar-refractivity contribution in [3.8, 4) is 0 Å². The van der Waals surface area contributed by atoms with E-state index in [1.807, 2.05) is 31.5 Å². The molecule has 1 atom stereocenters. The minimum absolute atomic E-state index is 0.0432. The first-order valence-electron chi connectivity index (χ1n) is 7.82. The predicted molar refractivity (Wildman–Crippen MR) is 91.0 cm³/mol. The second-order valence-corrected chi connectivity index (χ2v) is 6.18. The highest BCUT2D eigenvalue weighted by atomic mass is 16.6. The molecule has 1 aromatic carbocycles. The zero-order chi connectivity index (χ0) is 17.9. The maximum atomic E-state index is 12.2. The molecule has 1 heterocycles. The SMILES string of the molecule is Cc1cc(C)n(C[C@@H](C)CNC(=O)c2ccc(C)c([N+](=O)[O-])c2)n1. The maximum absolute atomic E-state index is 12.2. The molecule has 0 aliphatic rings. The van der Waals surface area contributed by atoms with Crippen molar-refractivity contribution in [3.63, 3.8) is 0 Å². The summed E-state index contributed by atoms with van der Waals surface area (Å²) in [6.07, 6.45) is 0. The Morgan fingerprint density at radius 2 is 2.04 bits per heavy atom. The number of hydrogen-bond acceptors (Lipinski definition) is 4. The van der Waals surface area contributed by atoms with Crippen LogP contribution in [0.5, 0.6) is 0 Å². The molecule has 7 heteroatoms. The van der Waals surface area contributed by atoms with Gasteiger partial charge in [0.15, 0.2) is 0 Å². The number of nitrogens with one attached hydrogen (secondary N) is 1. The highest BCUT2D eigenvalue weighted by molar-refractivity contribution is 5.94. The van der Waals surface area contributed by atoms with Gasteiger partial charge in [-0.15, -0.1) is 0 Å². The van der Waals surface area contributed by atoms with E-state index in [0.717, 1.165) is 11.4 Å². The van der Waals surface area contributed by atoms with Gasteiger partial charge in [0, 0.05) is 36.0 Å². The molecule has 0 saturated carbocycles. The molecule has 1 aromatic heterocycles. The monoisotopic (exact) mass is 330 g/mol. The van der Waals surface area contributed by atoms with Crippen molar-refractivity contribution in [2.24, 2.45) is 5.92 Å². The molecular formula is C17H22N4O3. The minimum atomic E-state index is -0.475. The average Bonchev–Trinajstić information content (AvgIpc) is 2.82. The number of nitro benzene ring substituents is 1. The summed E-state index contributed by atoms with van der Waals surface area (Å²) >= 11 is 0. The Morgan fingerprint density at radius 1 is 1.33 bits per heavy atom. The molecule has 24 heavy (non-hydrogen) atoms. The smallest absolute Gasteiger partial charge is 0.273 e. The van der Waals surface area contributed by atoms with Crippen molar-refractivity contribution >= 4 is 11.6 Å². The normalized spacial score (nSPS) is 12.0. The number of carbonyl (C=O) groups excluding carboxylic acids is 1. The zero-order valence-corrected chi connectivity index (χ0v) is 14.4. The molecule has 0 unspecified atom stereocenters. The van der Waals surface area contributed by atoms with Crippen LogP contribution in [-0.2, 0) is 6.54 Å². The van der Waals surface area contributed by atoms with Crippen LogP contribution in [0.3, 0.4) is 0 Å². The van der Waals surface area contributed by atoms with E-state index in [9.17, 15) is 14.9 Å². The number of amides is 1. The largest absolute Gasteiger partial charge is 0.352 e. The van der Waals surface area contributed by atoms with Crippen LogP contribution in [0.2, 0.25) is 0 Å². The number of benzene rings is 1. The minimum Gasteiger partial charge on any atom is -0.352 e. The molecule has 0 fully saturated rings. The molecular weight excluding hydrogens is 308 g/mol. The zero-order valence-electron chi connectivity index (χ0n) is 14.4. The van der Waals surface area contributed by atoms with Gasteiger partial charge in [-0.3, -0.25) is 19.6 Å². The molecule has 0 radical (unpaired) electrons. The quantitative estimate of drug-likeness (QED) is 0.651. The first-order valence-corrected chi connectivity index (χ1v) is 7.82. The Labute approximate surface area is 140 Å². The van der Waals surface area contributed by atoms with Gasteiger partial charge in [-0.2, -0.15) is 5.10 Å². The van der Waals surface area contributed by atoms with Crippen molar-refractivity contribution in [1.29, 1.82) is 0 Å². The lowest BCUT2D eigenvalue weighted by Gasteiger charge is -2.14. The number of nitro groups is 1. The van der Waals surface area contributed by atoms with Gasteiger partial charge in [-0.25, -0.2) is 0 Å². The fraction of sp³-hybridized carbons (Fsp3) is 0.412. The van der Waals surface area contributed by atoms with Gasteiger partial charge in [0.1, 0.15) is 0 Å². The van der Waals surface area contributed by atoms with Crippen LogP contribution in [0, 0.1) is 36.8 Å². The summed E-state index contributed by atoms with van der Waals surface area (Å²) in [7, 11) is 0. The number of hydrogen-bond donors (Lipinski definition) is 1. The summed E-state index contributed by atoms with van der Waals surface area (Å²) in [5.74, 6) is -0.120. The van der Waals surface area contributed by atoms with Gasteiger partial charge < -0.3 is 5.32 Å². The van der Waals surface area contributed by atoms with E-state index in [4.69, 9.17) is 0 Å². The first kappa shape index (κ1) is 17.7. The second-order valence-electron chi connectivity index (χ2n) is 6.18. The number of carbonyl (C=O) groups is 1. The molecule has 0 aliphatic heterocycles. The molecule has 7 nitrogen and oxygen atoms in total. The van der Waals surface area contributed by atoms with Crippen LogP contribution in [0.15, 0.2) is 24.3 Å². The molecule has 2 aromatic rings. The van der Waals surface area contributed by atoms with E-state index in [1.54, 1.807) is 19.1 Å². The van der Waals surface area contributed by atoms with Gasteiger partial charge in [0.2, 0.25) is 0 Å². The van der Waals surface area contributed by atoms with Crippen LogP contribution in [0.25, 0.3) is 0 Å². The molecule has 0 spiro atoms. The topological polar surface area (TPSA) is 90.1 Å². The molecule has 1 N–H and O–H groups in total. The third kappa shape index (κ3) is 4.18. The molecule has 1 amide bonds. The summed E-state index contributed by atoms with van der Waals surface area (Å²) in [6.45, 7) is 8.79. The lowest BCUT2D eigenvalue weighted by atomic mass is 10.1. The predicted octanol–water partition coefficient (Wildman–Crippen LogP) is 2.78. The summed E-state index contributed by atoms with van der Waals surface area (Å²) in [5.41, 5.74) is 2.84. The Balaban J connectivity index is 1.96. The number of aromatic nitrogens is 2. The number of nitrogens with zero attached hydrogens (tertiary/aromatic N) is 3. The summed E-state index contributed by atoms with van der Waals surface area (Å²) in [5, 5.41) is 18.2. The van der Waals surface area contributed by atoms with Crippen molar-refractivity contribution in [2.45, 2.75) is 34.2 Å². The average molecular weight is 330 g/mol. The Kier molecular flexibility index (Phi) is 5.33. The van der Waals surface area contributed by atoms with Gasteiger partial charge in [-0.1, -0.05) is 13.0 Å². The molecule has 0 aliphatic carbocycles. The van der Waals surface area contributed by atoms with E-state index in [-0.39, 0.29) is 17.5 Å². The maximum Gasteiger partial charge on any atom is 0.273 e. The highest BCUT2D eigenvalue weighted by Crippen LogP contribution is 2.19. The number of rotatable bonds is 6. The third-order valence-corrected chi connectivity index (χ3v) is 3.87. The fourth-order valence-electron chi connectivity index (χ4n) is 2.54. The van der Waals surface area contributed by atoms with Gasteiger partial charge >= 0.3 is 0 Å². The molecule has 0 saturated heterocycles. The fourth-order valence-corrected chi connectivity index (χ4v) is 2.54. The Morgan fingerprint density at radius 3 is 2.62 bits per heavy atom. The third-order valence-electron chi connectivity index (χ3n) is 3.87. The molecule has 2 rings (SSSR count). The van der Waals surface area contributed by atoms with E-state index in [2.05, 4.69) is 10.4 Å². The van der Waals surface area contributed by atoms with Crippen molar-refractivity contribution in [1.82, 2.24) is 15.1 Å². The van der Waals surface area contributed by atoms with E-state index < -0.39 is 4.92 Å². The van der Waals surface area contributed by atoms with Crippen LogP contribution in [0.1, 0.15) is 34.2 Å². The Hall–Kier alpha value is -2.70. The lowest BCUT2D eigenvalue weighted by Crippen LogP contribution is -2.30. The van der Waals surface area contributed by atoms with Gasteiger partial charge in [0.05, 0.1) is 10.6 Å². The highest BCUT2D eigenvalue weighted by Gasteiger charge is 2.15. The van der Waals surface area contributed by atoms with Crippen LogP contribution >= 0.6 is 0 Å². The molecule has 128 valence electrons. The van der Waals surface area contributed by atoms with Crippen LogP contribution < -0.4 is 5.32 Å². The van der Waals surface area contributed by atoms with Crippen molar-refractivity contribution in [2.75, 3.05) is 6.54 Å². The standard InChI is InChI=1S/C17H22N4O3/c1-11(10-20-14(4)7-13(3)19-20)9-18-17(22)15-6-5-12(2)16(8-15)21(23)24/h5-8,11H,9-10H2,1-4H3,(H,18,22)/t11-/m0/s1. The first-order chi connectivity index (χ1) is 11.3. The Bertz CT molecular complexity index is 767. The van der Waals surface area contributed by atoms with Gasteiger partial charge in [-0.05, 0) is 38.8 Å². The second kappa shape index (κ2) is 7.25. The molecule has 0 bridgehead atoms. The summed E-state index contributed by atoms with van der Waals surface area (Å²) in [6, 6.07) is 6.52.